The van der Waals surface area contributed by atoms with Gasteiger partial charge in [0.1, 0.15) is 5.15 Å². The van der Waals surface area contributed by atoms with Gasteiger partial charge < -0.3 is 5.11 Å². The molecule has 8 heteroatoms. The van der Waals surface area contributed by atoms with Gasteiger partial charge in [0.25, 0.3) is 0 Å². The van der Waals surface area contributed by atoms with Crippen LogP contribution in [0.25, 0.3) is 11.4 Å². The highest BCUT2D eigenvalue weighted by Gasteiger charge is 2.34. The average Bonchev–Trinajstić information content (AvgIpc) is 2.40. The van der Waals surface area contributed by atoms with E-state index in [2.05, 4.69) is 9.97 Å². The van der Waals surface area contributed by atoms with Crippen molar-refractivity contribution in [3.63, 3.8) is 0 Å². The van der Waals surface area contributed by atoms with Gasteiger partial charge in [0.05, 0.1) is 12.0 Å². The summed E-state index contributed by atoms with van der Waals surface area (Å²) in [6, 6.07) is 4.82. The number of carboxylic acid groups (broad SMARTS) is 1. The molecule has 0 aliphatic heterocycles. The highest BCUT2D eigenvalue weighted by atomic mass is 35.5. The van der Waals surface area contributed by atoms with Crippen LogP contribution in [0.15, 0.2) is 30.5 Å². The van der Waals surface area contributed by atoms with Gasteiger partial charge in [0, 0.05) is 17.3 Å². The molecule has 0 atom stereocenters. The summed E-state index contributed by atoms with van der Waals surface area (Å²) < 4.78 is 38.8. The normalized spacial score (nSPS) is 11.4. The number of carboxylic acids is 1. The lowest BCUT2D eigenvalue weighted by atomic mass is 10.1. The van der Waals surface area contributed by atoms with Gasteiger partial charge in [-0.1, -0.05) is 29.8 Å². The van der Waals surface area contributed by atoms with Crippen LogP contribution in [0, 0.1) is 0 Å². The van der Waals surface area contributed by atoms with Crippen LogP contribution in [0.2, 0.25) is 5.15 Å². The molecule has 0 radical (unpaired) electrons. The van der Waals surface area contributed by atoms with Crippen molar-refractivity contribution in [2.24, 2.45) is 0 Å². The van der Waals surface area contributed by atoms with Crippen LogP contribution < -0.4 is 0 Å². The lowest BCUT2D eigenvalue weighted by Gasteiger charge is -2.12. The zero-order valence-electron chi connectivity index (χ0n) is 10.4. The van der Waals surface area contributed by atoms with Crippen molar-refractivity contribution in [1.82, 2.24) is 9.97 Å². The first-order valence-electron chi connectivity index (χ1n) is 5.69. The molecule has 0 aliphatic rings. The van der Waals surface area contributed by atoms with Gasteiger partial charge in [0.2, 0.25) is 0 Å². The first-order valence-corrected chi connectivity index (χ1v) is 6.06. The Morgan fingerprint density at radius 1 is 1.29 bits per heavy atom. The predicted molar refractivity (Wildman–Crippen MR) is 68.8 cm³/mol. The van der Waals surface area contributed by atoms with E-state index in [0.29, 0.717) is 0 Å². The molecule has 0 aliphatic carbocycles. The molecule has 0 bridgehead atoms. The third-order valence-corrected chi connectivity index (χ3v) is 2.95. The second-order valence-electron chi connectivity index (χ2n) is 4.12. The standard InChI is InChI=1S/C13H8ClF3N2O2/c14-11-7(5-10(20)21)6-18-12(19-11)8-3-1-2-4-9(8)13(15,16)17/h1-4,6H,5H2,(H,20,21). The van der Waals surface area contributed by atoms with Crippen LogP contribution in [0.3, 0.4) is 0 Å². The number of aliphatic carboxylic acids is 1. The Bertz CT molecular complexity index is 689. The molecule has 1 aromatic carbocycles. The molecular weight excluding hydrogens is 309 g/mol. The molecule has 1 aromatic heterocycles. The van der Waals surface area contributed by atoms with E-state index >= 15 is 0 Å². The number of aromatic nitrogens is 2. The molecule has 0 unspecified atom stereocenters. The van der Waals surface area contributed by atoms with Gasteiger partial charge in [-0.2, -0.15) is 13.2 Å². The molecule has 2 rings (SSSR count). The number of hydrogen-bond donors (Lipinski definition) is 1. The number of hydrogen-bond acceptors (Lipinski definition) is 3. The van der Waals surface area contributed by atoms with Crippen molar-refractivity contribution in [3.05, 3.63) is 46.7 Å². The van der Waals surface area contributed by atoms with E-state index < -0.39 is 24.1 Å². The zero-order valence-corrected chi connectivity index (χ0v) is 11.1. The van der Waals surface area contributed by atoms with Crippen LogP contribution in [0.5, 0.6) is 0 Å². The van der Waals surface area contributed by atoms with Crippen molar-refractivity contribution in [2.45, 2.75) is 12.6 Å². The molecule has 0 fully saturated rings. The average molecular weight is 317 g/mol. The van der Waals surface area contributed by atoms with Crippen LogP contribution >= 0.6 is 11.6 Å². The maximum atomic E-state index is 12.9. The Morgan fingerprint density at radius 3 is 2.52 bits per heavy atom. The molecular formula is C13H8ClF3N2O2. The van der Waals surface area contributed by atoms with Gasteiger partial charge in [-0.05, 0) is 6.07 Å². The fourth-order valence-corrected chi connectivity index (χ4v) is 1.92. The fraction of sp³-hybridized carbons (Fsp3) is 0.154. The van der Waals surface area contributed by atoms with Crippen molar-refractivity contribution < 1.29 is 23.1 Å². The molecule has 0 saturated carbocycles. The van der Waals surface area contributed by atoms with E-state index in [9.17, 15) is 18.0 Å². The fourth-order valence-electron chi connectivity index (χ4n) is 1.72. The van der Waals surface area contributed by atoms with E-state index in [1.807, 2.05) is 0 Å². The number of alkyl halides is 3. The zero-order chi connectivity index (χ0) is 15.6. The monoisotopic (exact) mass is 316 g/mol. The molecule has 1 N–H and O–H groups in total. The largest absolute Gasteiger partial charge is 0.481 e. The maximum absolute atomic E-state index is 12.9. The van der Waals surface area contributed by atoms with Gasteiger partial charge in [-0.25, -0.2) is 9.97 Å². The third kappa shape index (κ3) is 3.49. The molecule has 110 valence electrons. The number of rotatable bonds is 3. The summed E-state index contributed by atoms with van der Waals surface area (Å²) in [5.74, 6) is -1.34. The molecule has 4 nitrogen and oxygen atoms in total. The highest BCUT2D eigenvalue weighted by molar-refractivity contribution is 6.30. The van der Waals surface area contributed by atoms with Gasteiger partial charge in [-0.3, -0.25) is 4.79 Å². The molecule has 1 heterocycles. The minimum atomic E-state index is -4.55. The van der Waals surface area contributed by atoms with Gasteiger partial charge >= 0.3 is 12.1 Å². The highest BCUT2D eigenvalue weighted by Crippen LogP contribution is 2.36. The summed E-state index contributed by atoms with van der Waals surface area (Å²) in [4.78, 5) is 18.1. The molecule has 0 saturated heterocycles. The van der Waals surface area contributed by atoms with E-state index in [-0.39, 0.29) is 22.1 Å². The van der Waals surface area contributed by atoms with Gasteiger partial charge in [0.15, 0.2) is 5.82 Å². The third-order valence-electron chi connectivity index (χ3n) is 2.63. The Hall–Kier alpha value is -2.15. The Morgan fingerprint density at radius 2 is 1.95 bits per heavy atom. The Balaban J connectivity index is 2.49. The number of carbonyl (C=O) groups is 1. The van der Waals surface area contributed by atoms with Crippen molar-refractivity contribution in [2.75, 3.05) is 0 Å². The Labute approximate surface area is 122 Å². The molecule has 0 spiro atoms. The minimum absolute atomic E-state index is 0.136. The summed E-state index contributed by atoms with van der Waals surface area (Å²) in [6.07, 6.45) is -3.84. The van der Waals surface area contributed by atoms with Crippen molar-refractivity contribution in [1.29, 1.82) is 0 Å². The van der Waals surface area contributed by atoms with E-state index in [0.717, 1.165) is 12.3 Å². The summed E-state index contributed by atoms with van der Waals surface area (Å²) in [5.41, 5.74) is -0.960. The first kappa shape index (κ1) is 15.2. The number of halogens is 4. The maximum Gasteiger partial charge on any atom is 0.417 e. The summed E-state index contributed by atoms with van der Waals surface area (Å²) >= 11 is 5.79. The quantitative estimate of drug-likeness (QED) is 0.881. The van der Waals surface area contributed by atoms with E-state index in [1.165, 1.54) is 18.2 Å². The first-order chi connectivity index (χ1) is 9.79. The number of benzene rings is 1. The number of nitrogens with zero attached hydrogens (tertiary/aromatic N) is 2. The van der Waals surface area contributed by atoms with Crippen LogP contribution in [-0.2, 0) is 17.4 Å². The topological polar surface area (TPSA) is 63.1 Å². The summed E-state index contributed by atoms with van der Waals surface area (Å²) in [5, 5.41) is 8.48. The van der Waals surface area contributed by atoms with E-state index in [4.69, 9.17) is 16.7 Å². The van der Waals surface area contributed by atoms with Crippen LogP contribution in [0.1, 0.15) is 11.1 Å². The van der Waals surface area contributed by atoms with Crippen molar-refractivity contribution in [3.8, 4) is 11.4 Å². The SMILES string of the molecule is O=C(O)Cc1cnc(-c2ccccc2C(F)(F)F)nc1Cl. The van der Waals surface area contributed by atoms with Crippen LogP contribution in [-0.4, -0.2) is 21.0 Å². The lowest BCUT2D eigenvalue weighted by Crippen LogP contribution is -2.09. The Kier molecular flexibility index (Phi) is 4.13. The lowest BCUT2D eigenvalue weighted by molar-refractivity contribution is -0.137. The molecule has 2 aromatic rings. The second kappa shape index (κ2) is 5.69. The summed E-state index contributed by atoms with van der Waals surface area (Å²) in [7, 11) is 0. The smallest absolute Gasteiger partial charge is 0.417 e. The minimum Gasteiger partial charge on any atom is -0.481 e. The van der Waals surface area contributed by atoms with E-state index in [1.54, 1.807) is 0 Å². The summed E-state index contributed by atoms with van der Waals surface area (Å²) in [6.45, 7) is 0. The van der Waals surface area contributed by atoms with Gasteiger partial charge in [-0.15, -0.1) is 0 Å². The van der Waals surface area contributed by atoms with Crippen LogP contribution in [0.4, 0.5) is 13.2 Å². The molecule has 21 heavy (non-hydrogen) atoms. The predicted octanol–water partition coefficient (Wildman–Crippen LogP) is 3.44. The second-order valence-corrected chi connectivity index (χ2v) is 4.48. The van der Waals surface area contributed by atoms with Crippen molar-refractivity contribution >= 4 is 17.6 Å². The molecule has 0 amide bonds.